The van der Waals surface area contributed by atoms with Crippen LogP contribution in [0.2, 0.25) is 10.0 Å². The van der Waals surface area contributed by atoms with Crippen molar-refractivity contribution in [1.29, 1.82) is 0 Å². The number of aromatic carboxylic acids is 1. The average Bonchev–Trinajstić information content (AvgIpc) is 3.18. The second kappa shape index (κ2) is 7.08. The molecule has 4 rings (SSSR count). The first-order valence-corrected chi connectivity index (χ1v) is 9.38. The first-order valence-electron chi connectivity index (χ1n) is 8.63. The quantitative estimate of drug-likeness (QED) is 0.683. The standard InChI is InChI=1S/C20H18Cl2N2O3/c1-23-8-7-13(11-23)27-19-14-9-15(21)16(22)10-17(14)24(18(19)20(25)26)12-5-3-2-4-6-12/h2-6,9-10,13H,7-8,11H2,1H3,(H,25,26). The molecule has 0 saturated carbocycles. The molecule has 2 aromatic carbocycles. The number of aromatic nitrogens is 1. The highest BCUT2D eigenvalue weighted by molar-refractivity contribution is 6.43. The number of likely N-dealkylation sites (N-methyl/N-ethyl adjacent to an activating group) is 1. The summed E-state index contributed by atoms with van der Waals surface area (Å²) >= 11 is 12.5. The van der Waals surface area contributed by atoms with Gasteiger partial charge in [0.25, 0.3) is 0 Å². The fraction of sp³-hybridized carbons (Fsp3) is 0.250. The number of hydrogen-bond acceptors (Lipinski definition) is 3. The Bertz CT molecular complexity index is 1020. The van der Waals surface area contributed by atoms with Crippen molar-refractivity contribution in [2.75, 3.05) is 20.1 Å². The van der Waals surface area contributed by atoms with Gasteiger partial charge in [-0.25, -0.2) is 4.79 Å². The second-order valence-electron chi connectivity index (χ2n) is 6.73. The monoisotopic (exact) mass is 404 g/mol. The van der Waals surface area contributed by atoms with Crippen LogP contribution in [0, 0.1) is 0 Å². The molecule has 1 saturated heterocycles. The van der Waals surface area contributed by atoms with Gasteiger partial charge in [-0.05, 0) is 37.7 Å². The molecule has 1 unspecified atom stereocenters. The predicted molar refractivity (Wildman–Crippen MR) is 107 cm³/mol. The Morgan fingerprint density at radius 1 is 1.19 bits per heavy atom. The lowest BCUT2D eigenvalue weighted by atomic mass is 10.2. The predicted octanol–water partition coefficient (Wildman–Crippen LogP) is 4.72. The maximum absolute atomic E-state index is 12.2. The van der Waals surface area contributed by atoms with E-state index < -0.39 is 5.97 Å². The lowest BCUT2D eigenvalue weighted by Gasteiger charge is -2.14. The molecule has 3 aromatic rings. The Morgan fingerprint density at radius 3 is 2.52 bits per heavy atom. The van der Waals surface area contributed by atoms with E-state index in [2.05, 4.69) is 4.90 Å². The molecule has 1 atom stereocenters. The van der Waals surface area contributed by atoms with Crippen LogP contribution >= 0.6 is 23.2 Å². The van der Waals surface area contributed by atoms with Crippen LogP contribution in [-0.2, 0) is 0 Å². The van der Waals surface area contributed by atoms with Crippen LogP contribution in [0.5, 0.6) is 5.75 Å². The fourth-order valence-electron chi connectivity index (χ4n) is 3.57. The van der Waals surface area contributed by atoms with Crippen LogP contribution < -0.4 is 4.74 Å². The maximum Gasteiger partial charge on any atom is 0.356 e. The first kappa shape index (κ1) is 18.2. The van der Waals surface area contributed by atoms with Gasteiger partial charge in [0.2, 0.25) is 0 Å². The molecule has 1 fully saturated rings. The van der Waals surface area contributed by atoms with Gasteiger partial charge in [0.1, 0.15) is 6.10 Å². The lowest BCUT2D eigenvalue weighted by molar-refractivity contribution is 0.0681. The van der Waals surface area contributed by atoms with Gasteiger partial charge in [-0.2, -0.15) is 0 Å². The highest BCUT2D eigenvalue weighted by atomic mass is 35.5. The van der Waals surface area contributed by atoms with Gasteiger partial charge in [-0.15, -0.1) is 0 Å². The Balaban J connectivity index is 1.99. The van der Waals surface area contributed by atoms with E-state index in [1.165, 1.54) is 0 Å². The summed E-state index contributed by atoms with van der Waals surface area (Å²) in [5, 5.41) is 11.4. The number of nitrogens with zero attached hydrogens (tertiary/aromatic N) is 2. The normalized spacial score (nSPS) is 17.5. The van der Waals surface area contributed by atoms with E-state index in [4.69, 9.17) is 27.9 Å². The number of hydrogen-bond donors (Lipinski definition) is 1. The number of carboxylic acids is 1. The Labute approximate surface area is 166 Å². The van der Waals surface area contributed by atoms with Gasteiger partial charge in [0.15, 0.2) is 11.4 Å². The number of para-hydroxylation sites is 1. The number of fused-ring (bicyclic) bond motifs is 1. The van der Waals surface area contributed by atoms with Crippen molar-refractivity contribution < 1.29 is 14.6 Å². The summed E-state index contributed by atoms with van der Waals surface area (Å²) in [6.07, 6.45) is 0.770. The molecule has 140 valence electrons. The van der Waals surface area contributed by atoms with E-state index in [-0.39, 0.29) is 11.8 Å². The number of carbonyl (C=O) groups is 1. The summed E-state index contributed by atoms with van der Waals surface area (Å²) in [6.45, 7) is 1.66. The molecule has 7 heteroatoms. The third-order valence-electron chi connectivity index (χ3n) is 4.81. The van der Waals surface area contributed by atoms with E-state index in [0.29, 0.717) is 26.7 Å². The number of halogens is 2. The van der Waals surface area contributed by atoms with Crippen molar-refractivity contribution in [2.24, 2.45) is 0 Å². The molecule has 0 bridgehead atoms. The van der Waals surface area contributed by atoms with Gasteiger partial charge in [0.05, 0.1) is 15.6 Å². The summed E-state index contributed by atoms with van der Waals surface area (Å²) in [5.74, 6) is -0.733. The molecule has 1 aromatic heterocycles. The van der Waals surface area contributed by atoms with Crippen molar-refractivity contribution in [3.05, 3.63) is 58.2 Å². The minimum atomic E-state index is -1.07. The molecule has 0 radical (unpaired) electrons. The molecular weight excluding hydrogens is 387 g/mol. The van der Waals surface area contributed by atoms with Crippen LogP contribution in [0.3, 0.4) is 0 Å². The molecule has 1 N–H and O–H groups in total. The van der Waals surface area contributed by atoms with E-state index in [1.54, 1.807) is 16.7 Å². The highest BCUT2D eigenvalue weighted by Crippen LogP contribution is 2.40. The van der Waals surface area contributed by atoms with Crippen LogP contribution in [0.15, 0.2) is 42.5 Å². The van der Waals surface area contributed by atoms with Crippen LogP contribution in [0.25, 0.3) is 16.6 Å². The number of ether oxygens (including phenoxy) is 1. The summed E-state index contributed by atoms with van der Waals surface area (Å²) in [7, 11) is 2.02. The van der Waals surface area contributed by atoms with E-state index in [0.717, 1.165) is 25.2 Å². The van der Waals surface area contributed by atoms with Crippen molar-refractivity contribution >= 4 is 40.1 Å². The minimum Gasteiger partial charge on any atom is -0.486 e. The van der Waals surface area contributed by atoms with Crippen molar-refractivity contribution in [3.63, 3.8) is 0 Å². The Morgan fingerprint density at radius 2 is 1.89 bits per heavy atom. The summed E-state index contributed by atoms with van der Waals surface area (Å²) in [6, 6.07) is 12.7. The van der Waals surface area contributed by atoms with Gasteiger partial charge >= 0.3 is 5.97 Å². The Hall–Kier alpha value is -2.21. The lowest BCUT2D eigenvalue weighted by Crippen LogP contribution is -2.22. The summed E-state index contributed by atoms with van der Waals surface area (Å²) < 4.78 is 7.86. The first-order chi connectivity index (χ1) is 13.0. The third kappa shape index (κ3) is 3.27. The number of carboxylic acid groups (broad SMARTS) is 1. The van der Waals surface area contributed by atoms with Crippen LogP contribution in [-0.4, -0.2) is 46.8 Å². The molecule has 5 nitrogen and oxygen atoms in total. The largest absolute Gasteiger partial charge is 0.486 e. The fourth-order valence-corrected chi connectivity index (χ4v) is 3.89. The molecule has 0 spiro atoms. The van der Waals surface area contributed by atoms with Crippen LogP contribution in [0.4, 0.5) is 0 Å². The van der Waals surface area contributed by atoms with Crippen molar-refractivity contribution in [1.82, 2.24) is 9.47 Å². The minimum absolute atomic E-state index is 0.0719. The molecule has 0 aliphatic carbocycles. The van der Waals surface area contributed by atoms with E-state index in [9.17, 15) is 9.90 Å². The molecular formula is C20H18Cl2N2O3. The van der Waals surface area contributed by atoms with Gasteiger partial charge in [-0.3, -0.25) is 0 Å². The second-order valence-corrected chi connectivity index (χ2v) is 7.54. The summed E-state index contributed by atoms with van der Waals surface area (Å²) in [5.41, 5.74) is 1.44. The molecule has 0 amide bonds. The SMILES string of the molecule is CN1CCC(Oc2c(C(=O)O)n(-c3ccccc3)c3cc(Cl)c(Cl)cc23)C1. The van der Waals surface area contributed by atoms with Crippen LogP contribution in [0.1, 0.15) is 16.9 Å². The van der Waals surface area contributed by atoms with E-state index in [1.807, 2.05) is 37.4 Å². The molecule has 1 aliphatic heterocycles. The van der Waals surface area contributed by atoms with Crippen molar-refractivity contribution in [2.45, 2.75) is 12.5 Å². The van der Waals surface area contributed by atoms with Crippen molar-refractivity contribution in [3.8, 4) is 11.4 Å². The number of likely N-dealkylation sites (tertiary alicyclic amines) is 1. The summed E-state index contributed by atoms with van der Waals surface area (Å²) in [4.78, 5) is 14.4. The molecule has 1 aliphatic rings. The number of benzene rings is 2. The maximum atomic E-state index is 12.2. The third-order valence-corrected chi connectivity index (χ3v) is 5.53. The van der Waals surface area contributed by atoms with Gasteiger partial charge in [-0.1, -0.05) is 41.4 Å². The van der Waals surface area contributed by atoms with Gasteiger partial charge < -0.3 is 19.3 Å². The van der Waals surface area contributed by atoms with Gasteiger partial charge in [0, 0.05) is 24.2 Å². The Kier molecular flexibility index (Phi) is 4.76. The zero-order valence-electron chi connectivity index (χ0n) is 14.7. The topological polar surface area (TPSA) is 54.7 Å². The van der Waals surface area contributed by atoms with E-state index >= 15 is 0 Å². The number of rotatable bonds is 4. The zero-order chi connectivity index (χ0) is 19.1. The smallest absolute Gasteiger partial charge is 0.356 e. The molecule has 27 heavy (non-hydrogen) atoms. The molecule has 2 heterocycles. The zero-order valence-corrected chi connectivity index (χ0v) is 16.2. The highest BCUT2D eigenvalue weighted by Gasteiger charge is 2.29. The average molecular weight is 405 g/mol.